The van der Waals surface area contributed by atoms with Gasteiger partial charge >= 0.3 is 6.01 Å². The highest BCUT2D eigenvalue weighted by Crippen LogP contribution is 2.39. The first kappa shape index (κ1) is 17.0. The third-order valence-electron chi connectivity index (χ3n) is 5.34. The molecule has 7 heteroatoms. The van der Waals surface area contributed by atoms with E-state index in [2.05, 4.69) is 22.4 Å². The van der Waals surface area contributed by atoms with Crippen molar-refractivity contribution in [3.63, 3.8) is 0 Å². The van der Waals surface area contributed by atoms with Gasteiger partial charge in [-0.05, 0) is 39.3 Å². The lowest BCUT2D eigenvalue weighted by Crippen LogP contribution is -2.48. The summed E-state index contributed by atoms with van der Waals surface area (Å²) in [5, 5.41) is 11.1. The van der Waals surface area contributed by atoms with E-state index in [4.69, 9.17) is 9.15 Å². The largest absolute Gasteiger partial charge is 0.403 e. The van der Waals surface area contributed by atoms with Crippen molar-refractivity contribution in [2.75, 3.05) is 18.5 Å². The smallest absolute Gasteiger partial charge is 0.316 e. The Hall–Kier alpha value is -2.41. The van der Waals surface area contributed by atoms with E-state index in [-0.39, 0.29) is 23.6 Å². The molecule has 138 valence electrons. The minimum Gasteiger partial charge on any atom is -0.403 e. The molecular formula is C19H24N4O3. The van der Waals surface area contributed by atoms with E-state index >= 15 is 0 Å². The fourth-order valence-electron chi connectivity index (χ4n) is 3.74. The van der Waals surface area contributed by atoms with Gasteiger partial charge in [0, 0.05) is 18.0 Å². The van der Waals surface area contributed by atoms with Crippen molar-refractivity contribution in [1.29, 1.82) is 0 Å². The van der Waals surface area contributed by atoms with Gasteiger partial charge in [0.25, 0.3) is 0 Å². The zero-order valence-corrected chi connectivity index (χ0v) is 15.4. The van der Waals surface area contributed by atoms with Gasteiger partial charge < -0.3 is 19.4 Å². The summed E-state index contributed by atoms with van der Waals surface area (Å²) in [4.78, 5) is 14.7. The Morgan fingerprint density at radius 3 is 2.69 bits per heavy atom. The monoisotopic (exact) mass is 356 g/mol. The molecule has 1 aromatic heterocycles. The maximum Gasteiger partial charge on any atom is 0.316 e. The molecule has 1 amide bonds. The number of rotatable bonds is 4. The van der Waals surface area contributed by atoms with Crippen LogP contribution in [0.3, 0.4) is 0 Å². The molecule has 0 radical (unpaired) electrons. The summed E-state index contributed by atoms with van der Waals surface area (Å²) in [6.45, 7) is 7.38. The number of carbonyl (C=O) groups is 1. The number of nitrogens with zero attached hydrogens (tertiary/aromatic N) is 3. The van der Waals surface area contributed by atoms with Crippen molar-refractivity contribution in [3.8, 4) is 11.5 Å². The fourth-order valence-corrected chi connectivity index (χ4v) is 3.74. The first-order chi connectivity index (χ1) is 12.5. The van der Waals surface area contributed by atoms with Crippen molar-refractivity contribution in [3.05, 3.63) is 29.8 Å². The number of hydrogen-bond donors (Lipinski definition) is 1. The van der Waals surface area contributed by atoms with Gasteiger partial charge in [0.1, 0.15) is 6.04 Å². The minimum atomic E-state index is -0.445. The summed E-state index contributed by atoms with van der Waals surface area (Å²) >= 11 is 0. The lowest BCUT2D eigenvalue weighted by atomic mass is 9.92. The summed E-state index contributed by atoms with van der Waals surface area (Å²) in [7, 11) is 0. The molecule has 1 spiro atoms. The summed E-state index contributed by atoms with van der Waals surface area (Å²) in [5.41, 5.74) is 1.91. The molecule has 26 heavy (non-hydrogen) atoms. The van der Waals surface area contributed by atoms with Crippen molar-refractivity contribution in [1.82, 2.24) is 15.1 Å². The zero-order valence-electron chi connectivity index (χ0n) is 15.4. The van der Waals surface area contributed by atoms with E-state index in [1.807, 2.05) is 43.0 Å². The summed E-state index contributed by atoms with van der Waals surface area (Å²) in [5.74, 6) is 0.462. The number of aromatic nitrogens is 2. The van der Waals surface area contributed by atoms with Crippen LogP contribution in [-0.4, -0.2) is 51.8 Å². The first-order valence-electron chi connectivity index (χ1n) is 9.07. The predicted octanol–water partition coefficient (Wildman–Crippen LogP) is 2.63. The van der Waals surface area contributed by atoms with E-state index in [1.165, 1.54) is 5.56 Å². The second kappa shape index (κ2) is 6.39. The summed E-state index contributed by atoms with van der Waals surface area (Å²) in [6.07, 6.45) is 1.94. The van der Waals surface area contributed by atoms with Crippen LogP contribution in [0.4, 0.5) is 6.01 Å². The maximum absolute atomic E-state index is 12.8. The van der Waals surface area contributed by atoms with Crippen LogP contribution in [0.2, 0.25) is 0 Å². The van der Waals surface area contributed by atoms with E-state index in [0.29, 0.717) is 12.4 Å². The van der Waals surface area contributed by atoms with Gasteiger partial charge in [0.15, 0.2) is 0 Å². The number of benzene rings is 1. The van der Waals surface area contributed by atoms with Crippen LogP contribution in [0.25, 0.3) is 11.5 Å². The third kappa shape index (κ3) is 3.07. The van der Waals surface area contributed by atoms with Gasteiger partial charge in [-0.3, -0.25) is 4.79 Å². The average Bonchev–Trinajstić information content (AvgIpc) is 3.19. The average molecular weight is 356 g/mol. The van der Waals surface area contributed by atoms with Crippen LogP contribution in [0.1, 0.15) is 32.3 Å². The Morgan fingerprint density at radius 2 is 2.08 bits per heavy atom. The Balaban J connectivity index is 1.41. The standard InChI is InChI=1S/C19H24N4O3/c1-12-4-6-15(7-5-12)16-21-22-18(26-16)20-14(3)17(24)23-11-19(8-9-25-19)10-13(23)2/h4-7,13-14H,8-11H2,1-3H3,(H,20,22)/t13-,14+,19-/m0/s1. The van der Waals surface area contributed by atoms with Gasteiger partial charge in [-0.15, -0.1) is 5.10 Å². The molecule has 2 aliphatic rings. The van der Waals surface area contributed by atoms with Crippen molar-refractivity contribution < 1.29 is 13.9 Å². The van der Waals surface area contributed by atoms with Gasteiger partial charge in [0.2, 0.25) is 11.8 Å². The summed E-state index contributed by atoms with van der Waals surface area (Å²) in [6, 6.07) is 7.84. The lowest BCUT2D eigenvalue weighted by Gasteiger charge is -2.38. The maximum atomic E-state index is 12.8. The number of hydrogen-bond acceptors (Lipinski definition) is 6. The number of aryl methyl sites for hydroxylation is 1. The van der Waals surface area contributed by atoms with Crippen molar-refractivity contribution >= 4 is 11.9 Å². The van der Waals surface area contributed by atoms with Crippen LogP contribution in [0.5, 0.6) is 0 Å². The van der Waals surface area contributed by atoms with E-state index in [0.717, 1.165) is 25.0 Å². The number of nitrogens with one attached hydrogen (secondary N) is 1. The van der Waals surface area contributed by atoms with E-state index in [1.54, 1.807) is 0 Å². The lowest BCUT2D eigenvalue weighted by molar-refractivity contribution is -0.146. The first-order valence-corrected chi connectivity index (χ1v) is 9.07. The van der Waals surface area contributed by atoms with Crippen LogP contribution in [-0.2, 0) is 9.53 Å². The van der Waals surface area contributed by atoms with Crippen LogP contribution < -0.4 is 5.32 Å². The van der Waals surface area contributed by atoms with E-state index in [9.17, 15) is 4.79 Å². The molecule has 0 aliphatic carbocycles. The molecule has 0 bridgehead atoms. The van der Waals surface area contributed by atoms with Crippen LogP contribution in [0.15, 0.2) is 28.7 Å². The summed E-state index contributed by atoms with van der Waals surface area (Å²) < 4.78 is 11.4. The molecule has 1 N–H and O–H groups in total. The molecule has 2 saturated heterocycles. The Labute approximate surface area is 152 Å². The van der Waals surface area contributed by atoms with Crippen molar-refractivity contribution in [2.45, 2.75) is 51.3 Å². The van der Waals surface area contributed by atoms with Gasteiger partial charge in [-0.25, -0.2) is 0 Å². The van der Waals surface area contributed by atoms with Crippen molar-refractivity contribution in [2.24, 2.45) is 0 Å². The highest BCUT2D eigenvalue weighted by Gasteiger charge is 2.49. The highest BCUT2D eigenvalue weighted by atomic mass is 16.5. The topological polar surface area (TPSA) is 80.5 Å². The normalized spacial score (nSPS) is 26.0. The number of amides is 1. The number of carbonyl (C=O) groups excluding carboxylic acids is 1. The van der Waals surface area contributed by atoms with Gasteiger partial charge in [-0.2, -0.15) is 0 Å². The second-order valence-corrected chi connectivity index (χ2v) is 7.45. The highest BCUT2D eigenvalue weighted by molar-refractivity contribution is 5.84. The van der Waals surface area contributed by atoms with Gasteiger partial charge in [-0.1, -0.05) is 22.8 Å². The van der Waals surface area contributed by atoms with Crippen LogP contribution in [0, 0.1) is 6.92 Å². The minimum absolute atomic E-state index is 0.0277. The molecule has 0 unspecified atom stereocenters. The Morgan fingerprint density at radius 1 is 1.35 bits per heavy atom. The second-order valence-electron chi connectivity index (χ2n) is 7.45. The Kier molecular flexibility index (Phi) is 4.19. The quantitative estimate of drug-likeness (QED) is 0.907. The molecule has 1 aromatic carbocycles. The molecule has 0 saturated carbocycles. The zero-order chi connectivity index (χ0) is 18.3. The van der Waals surface area contributed by atoms with Gasteiger partial charge in [0.05, 0.1) is 18.8 Å². The van der Waals surface area contributed by atoms with Crippen LogP contribution >= 0.6 is 0 Å². The Bertz CT molecular complexity index is 797. The molecular weight excluding hydrogens is 332 g/mol. The molecule has 2 aromatic rings. The number of ether oxygens (including phenoxy) is 1. The number of anilines is 1. The molecule has 4 rings (SSSR count). The SMILES string of the molecule is Cc1ccc(-c2nnc(N[C@H](C)C(=O)N3C[C@]4(CCO4)C[C@@H]3C)o2)cc1. The van der Waals surface area contributed by atoms with E-state index < -0.39 is 6.04 Å². The molecule has 2 aliphatic heterocycles. The molecule has 2 fully saturated rings. The number of likely N-dealkylation sites (tertiary alicyclic amines) is 1. The molecule has 7 nitrogen and oxygen atoms in total. The molecule has 3 atom stereocenters. The molecule has 3 heterocycles. The fraction of sp³-hybridized carbons (Fsp3) is 0.526. The predicted molar refractivity (Wildman–Crippen MR) is 96.6 cm³/mol. The third-order valence-corrected chi connectivity index (χ3v) is 5.34.